The lowest BCUT2D eigenvalue weighted by Gasteiger charge is -2.30. The molecule has 1 fully saturated rings. The standard InChI is InChI=1S/C26H31F3N4O4/c1-4-21(35)37-16-8-5-14(6-9-16)31-18-11-15(7-10-17(18)24(30)36)33-19-12-25(2,3)13-20(34)22(19)23(32-33)26(27,28)29/h7,10-11,14,16,31H,4-6,8-9,12-13H2,1-3H3,(H2,30,36). The number of nitrogens with one attached hydrogen (secondary N) is 1. The predicted molar refractivity (Wildman–Crippen MR) is 130 cm³/mol. The number of amides is 1. The Balaban J connectivity index is 1.68. The van der Waals surface area contributed by atoms with Crippen LogP contribution < -0.4 is 11.1 Å². The molecule has 2 aliphatic carbocycles. The van der Waals surface area contributed by atoms with Crippen molar-refractivity contribution in [3.05, 3.63) is 40.7 Å². The number of rotatable bonds is 6. The van der Waals surface area contributed by atoms with Gasteiger partial charge < -0.3 is 15.8 Å². The summed E-state index contributed by atoms with van der Waals surface area (Å²) >= 11 is 0. The van der Waals surface area contributed by atoms with E-state index in [1.54, 1.807) is 13.0 Å². The number of halogens is 3. The van der Waals surface area contributed by atoms with Crippen molar-refractivity contribution in [3.63, 3.8) is 0 Å². The highest BCUT2D eigenvalue weighted by atomic mass is 19.4. The second-order valence-electron chi connectivity index (χ2n) is 10.6. The molecular weight excluding hydrogens is 489 g/mol. The van der Waals surface area contributed by atoms with Crippen LogP contribution in [0.5, 0.6) is 0 Å². The van der Waals surface area contributed by atoms with E-state index in [-0.39, 0.29) is 53.5 Å². The smallest absolute Gasteiger partial charge is 0.435 e. The fraction of sp³-hybridized carbons (Fsp3) is 0.538. The van der Waals surface area contributed by atoms with Gasteiger partial charge in [-0.2, -0.15) is 18.3 Å². The third-order valence-corrected chi connectivity index (χ3v) is 6.95. The summed E-state index contributed by atoms with van der Waals surface area (Å²) in [5, 5.41) is 7.14. The van der Waals surface area contributed by atoms with Crippen molar-refractivity contribution in [2.75, 3.05) is 5.32 Å². The summed E-state index contributed by atoms with van der Waals surface area (Å²) in [7, 11) is 0. The molecular formula is C26H31F3N4O4. The van der Waals surface area contributed by atoms with Crippen LogP contribution in [-0.2, 0) is 22.1 Å². The first kappa shape index (κ1) is 26.7. The number of anilines is 1. The number of nitrogens with zero attached hydrogens (tertiary/aromatic N) is 2. The SMILES string of the molecule is CCC(=O)OC1CCC(Nc2cc(-n3nc(C(F)(F)F)c4c3CC(C)(C)CC4=O)ccc2C(N)=O)CC1. The summed E-state index contributed by atoms with van der Waals surface area (Å²) in [6.45, 7) is 5.39. The number of carbonyl (C=O) groups excluding carboxylic acids is 3. The van der Waals surface area contributed by atoms with Gasteiger partial charge in [0, 0.05) is 24.6 Å². The molecule has 0 saturated heterocycles. The number of primary amides is 1. The van der Waals surface area contributed by atoms with Crippen molar-refractivity contribution in [3.8, 4) is 5.69 Å². The van der Waals surface area contributed by atoms with Crippen LogP contribution in [0.4, 0.5) is 18.9 Å². The van der Waals surface area contributed by atoms with Crippen LogP contribution in [0.3, 0.4) is 0 Å². The number of nitrogens with two attached hydrogens (primary N) is 1. The van der Waals surface area contributed by atoms with Gasteiger partial charge in [0.15, 0.2) is 11.5 Å². The van der Waals surface area contributed by atoms with E-state index in [9.17, 15) is 27.6 Å². The van der Waals surface area contributed by atoms with Crippen molar-refractivity contribution < 1.29 is 32.3 Å². The molecule has 0 unspecified atom stereocenters. The van der Waals surface area contributed by atoms with Crippen LogP contribution in [0.15, 0.2) is 18.2 Å². The molecule has 3 N–H and O–H groups in total. The average Bonchev–Trinajstić information content (AvgIpc) is 3.19. The van der Waals surface area contributed by atoms with Crippen molar-refractivity contribution in [1.29, 1.82) is 0 Å². The molecule has 1 aromatic heterocycles. The maximum absolute atomic E-state index is 13.8. The van der Waals surface area contributed by atoms with Gasteiger partial charge in [0.25, 0.3) is 5.91 Å². The molecule has 4 rings (SSSR count). The number of esters is 1. The van der Waals surface area contributed by atoms with Crippen molar-refractivity contribution >= 4 is 23.3 Å². The summed E-state index contributed by atoms with van der Waals surface area (Å²) in [5.74, 6) is -1.52. The Morgan fingerprint density at radius 2 is 1.86 bits per heavy atom. The molecule has 1 saturated carbocycles. The van der Waals surface area contributed by atoms with Crippen molar-refractivity contribution in [2.24, 2.45) is 11.1 Å². The average molecular weight is 521 g/mol. The molecule has 200 valence electrons. The number of hydrogen-bond donors (Lipinski definition) is 2. The molecule has 37 heavy (non-hydrogen) atoms. The molecule has 1 aromatic carbocycles. The fourth-order valence-corrected chi connectivity index (χ4v) is 5.17. The van der Waals surface area contributed by atoms with Gasteiger partial charge in [-0.3, -0.25) is 14.4 Å². The van der Waals surface area contributed by atoms with Crippen LogP contribution in [0, 0.1) is 5.41 Å². The van der Waals surface area contributed by atoms with E-state index in [4.69, 9.17) is 10.5 Å². The lowest BCUT2D eigenvalue weighted by Crippen LogP contribution is -2.31. The number of alkyl halides is 3. The molecule has 1 heterocycles. The van der Waals surface area contributed by atoms with Gasteiger partial charge in [0.1, 0.15) is 6.10 Å². The van der Waals surface area contributed by atoms with Gasteiger partial charge >= 0.3 is 12.1 Å². The Bertz CT molecular complexity index is 1230. The summed E-state index contributed by atoms with van der Waals surface area (Å²) in [6.07, 6.45) is -1.78. The van der Waals surface area contributed by atoms with Crippen molar-refractivity contribution in [1.82, 2.24) is 9.78 Å². The fourth-order valence-electron chi connectivity index (χ4n) is 5.17. The highest BCUT2D eigenvalue weighted by Crippen LogP contribution is 2.42. The number of ether oxygens (including phenoxy) is 1. The van der Waals surface area contributed by atoms with Crippen LogP contribution >= 0.6 is 0 Å². The molecule has 0 bridgehead atoms. The van der Waals surface area contributed by atoms with E-state index < -0.39 is 29.0 Å². The molecule has 0 spiro atoms. The minimum Gasteiger partial charge on any atom is -0.462 e. The second-order valence-corrected chi connectivity index (χ2v) is 10.6. The van der Waals surface area contributed by atoms with Crippen molar-refractivity contribution in [2.45, 2.75) is 84.0 Å². The topological polar surface area (TPSA) is 116 Å². The monoisotopic (exact) mass is 520 g/mol. The first-order chi connectivity index (χ1) is 17.3. The van der Waals surface area contributed by atoms with E-state index >= 15 is 0 Å². The minimum atomic E-state index is -4.79. The van der Waals surface area contributed by atoms with Gasteiger partial charge in [-0.25, -0.2) is 4.68 Å². The highest BCUT2D eigenvalue weighted by molar-refractivity contribution is 6.00. The lowest BCUT2D eigenvalue weighted by molar-refractivity contribution is -0.150. The molecule has 11 heteroatoms. The van der Waals surface area contributed by atoms with E-state index in [0.717, 1.165) is 4.68 Å². The van der Waals surface area contributed by atoms with Gasteiger partial charge in [0.05, 0.1) is 22.5 Å². The Morgan fingerprint density at radius 1 is 1.19 bits per heavy atom. The molecule has 0 atom stereocenters. The largest absolute Gasteiger partial charge is 0.462 e. The summed E-state index contributed by atoms with van der Waals surface area (Å²) in [4.78, 5) is 36.4. The summed E-state index contributed by atoms with van der Waals surface area (Å²) in [6, 6.07) is 4.42. The molecule has 1 amide bonds. The van der Waals surface area contributed by atoms with E-state index in [0.29, 0.717) is 37.8 Å². The molecule has 0 aliphatic heterocycles. The number of Topliss-reactive ketones (excluding diaryl/α,β-unsaturated/α-hetero) is 1. The quantitative estimate of drug-likeness (QED) is 0.528. The Kier molecular flexibility index (Phi) is 7.09. The number of hydrogen-bond acceptors (Lipinski definition) is 6. The highest BCUT2D eigenvalue weighted by Gasteiger charge is 2.45. The van der Waals surface area contributed by atoms with Crippen LogP contribution in [0.25, 0.3) is 5.69 Å². The molecule has 0 radical (unpaired) electrons. The summed E-state index contributed by atoms with van der Waals surface area (Å²) < 4.78 is 48.1. The number of carbonyl (C=O) groups is 3. The minimum absolute atomic E-state index is 0.00155. The maximum atomic E-state index is 13.8. The van der Waals surface area contributed by atoms with Gasteiger partial charge in [-0.15, -0.1) is 0 Å². The third kappa shape index (κ3) is 5.65. The number of aromatic nitrogens is 2. The zero-order valence-electron chi connectivity index (χ0n) is 21.1. The van der Waals surface area contributed by atoms with Crippen LogP contribution in [0.2, 0.25) is 0 Å². The Hall–Kier alpha value is -3.37. The van der Waals surface area contributed by atoms with Gasteiger partial charge in [0.2, 0.25) is 0 Å². The number of fused-ring (bicyclic) bond motifs is 1. The lowest BCUT2D eigenvalue weighted by atomic mass is 9.75. The molecule has 8 nitrogen and oxygen atoms in total. The third-order valence-electron chi connectivity index (χ3n) is 6.95. The number of benzene rings is 1. The maximum Gasteiger partial charge on any atom is 0.435 e. The second kappa shape index (κ2) is 9.83. The summed E-state index contributed by atoms with van der Waals surface area (Å²) in [5.41, 5.74) is 4.51. The first-order valence-corrected chi connectivity index (χ1v) is 12.4. The van der Waals surface area contributed by atoms with E-state index in [1.807, 2.05) is 13.8 Å². The predicted octanol–water partition coefficient (Wildman–Crippen LogP) is 4.82. The zero-order valence-corrected chi connectivity index (χ0v) is 21.1. The van der Waals surface area contributed by atoms with Crippen LogP contribution in [0.1, 0.15) is 91.4 Å². The Morgan fingerprint density at radius 3 is 2.46 bits per heavy atom. The van der Waals surface area contributed by atoms with E-state index in [2.05, 4.69) is 10.4 Å². The van der Waals surface area contributed by atoms with Gasteiger partial charge in [-0.1, -0.05) is 20.8 Å². The number of ketones is 1. The normalized spacial score (nSPS) is 21.3. The molecule has 2 aromatic rings. The van der Waals surface area contributed by atoms with E-state index in [1.165, 1.54) is 12.1 Å². The Labute approximate surface area is 212 Å². The van der Waals surface area contributed by atoms with Crippen LogP contribution in [-0.4, -0.2) is 39.6 Å². The zero-order chi connectivity index (χ0) is 27.1. The first-order valence-electron chi connectivity index (χ1n) is 12.4. The van der Waals surface area contributed by atoms with Gasteiger partial charge in [-0.05, 0) is 55.7 Å². The molecule has 2 aliphatic rings.